The fourth-order valence-electron chi connectivity index (χ4n) is 3.39. The molecule has 2 aromatic carbocycles. The molecule has 1 unspecified atom stereocenters. The van der Waals surface area contributed by atoms with Gasteiger partial charge in [0.1, 0.15) is 12.3 Å². The molecule has 0 saturated carbocycles. The number of aryl methyl sites for hydroxylation is 2. The summed E-state index contributed by atoms with van der Waals surface area (Å²) in [5, 5.41) is 2.83. The van der Waals surface area contributed by atoms with Crippen molar-refractivity contribution >= 4 is 35.0 Å². The van der Waals surface area contributed by atoms with Crippen LogP contribution in [-0.2, 0) is 9.59 Å². The molecule has 1 aliphatic heterocycles. The summed E-state index contributed by atoms with van der Waals surface area (Å²) in [6.07, 6.45) is 1.89. The highest BCUT2D eigenvalue weighted by Crippen LogP contribution is 2.45. The summed E-state index contributed by atoms with van der Waals surface area (Å²) in [5.74, 6) is 0.447. The minimum atomic E-state index is -0.219. The molecule has 4 rings (SSSR count). The second kappa shape index (κ2) is 8.17. The van der Waals surface area contributed by atoms with Gasteiger partial charge in [0.2, 0.25) is 11.8 Å². The Labute approximate surface area is 174 Å². The van der Waals surface area contributed by atoms with Crippen LogP contribution in [0.1, 0.15) is 28.6 Å². The molecule has 0 bridgehead atoms. The van der Waals surface area contributed by atoms with Crippen molar-refractivity contribution in [3.05, 3.63) is 77.7 Å². The van der Waals surface area contributed by atoms with Crippen molar-refractivity contribution in [1.29, 1.82) is 0 Å². The summed E-state index contributed by atoms with van der Waals surface area (Å²) in [6.45, 7) is 3.90. The molecule has 2 heterocycles. The van der Waals surface area contributed by atoms with Gasteiger partial charge in [0.05, 0.1) is 17.2 Å². The number of amides is 2. The number of rotatable bonds is 4. The van der Waals surface area contributed by atoms with Crippen LogP contribution in [-0.4, -0.2) is 18.4 Å². The number of anilines is 2. The Kier molecular flexibility index (Phi) is 5.45. The van der Waals surface area contributed by atoms with Crippen LogP contribution in [0.25, 0.3) is 0 Å². The van der Waals surface area contributed by atoms with Crippen molar-refractivity contribution in [3.8, 4) is 0 Å². The Balaban J connectivity index is 1.58. The maximum atomic E-state index is 13.1. The van der Waals surface area contributed by atoms with Crippen LogP contribution in [0.5, 0.6) is 0 Å². The highest BCUT2D eigenvalue weighted by atomic mass is 32.2. The fourth-order valence-corrected chi connectivity index (χ4v) is 4.63. The van der Waals surface area contributed by atoms with E-state index in [2.05, 4.69) is 5.32 Å². The molecule has 1 N–H and O–H groups in total. The number of nitrogens with zero attached hydrogens (tertiary/aromatic N) is 1. The van der Waals surface area contributed by atoms with Gasteiger partial charge in [-0.05, 0) is 55.3 Å². The molecular weight excluding hydrogens is 384 g/mol. The summed E-state index contributed by atoms with van der Waals surface area (Å²) in [4.78, 5) is 28.4. The number of hydrogen-bond acceptors (Lipinski definition) is 4. The summed E-state index contributed by atoms with van der Waals surface area (Å²) < 4.78 is 5.54. The lowest BCUT2D eigenvalue weighted by atomic mass is 10.1. The van der Waals surface area contributed by atoms with E-state index < -0.39 is 0 Å². The summed E-state index contributed by atoms with van der Waals surface area (Å²) in [6, 6.07) is 17.3. The largest absolute Gasteiger partial charge is 0.468 e. The van der Waals surface area contributed by atoms with Gasteiger partial charge in [-0.1, -0.05) is 24.3 Å². The molecule has 29 heavy (non-hydrogen) atoms. The molecule has 0 aliphatic carbocycles. The van der Waals surface area contributed by atoms with E-state index in [0.717, 1.165) is 33.2 Å². The topological polar surface area (TPSA) is 62.6 Å². The fraction of sp³-hybridized carbons (Fsp3) is 0.217. The molecule has 2 amide bonds. The Morgan fingerprint density at radius 2 is 2.00 bits per heavy atom. The first kappa shape index (κ1) is 19.3. The first-order valence-corrected chi connectivity index (χ1v) is 10.4. The molecular formula is C23H22N2O3S. The van der Waals surface area contributed by atoms with Crippen LogP contribution >= 0.6 is 11.8 Å². The number of furan rings is 1. The average Bonchev–Trinajstić information content (AvgIpc) is 3.19. The van der Waals surface area contributed by atoms with Crippen molar-refractivity contribution in [2.45, 2.75) is 30.4 Å². The third-order valence-corrected chi connectivity index (χ3v) is 6.20. The summed E-state index contributed by atoms with van der Waals surface area (Å²) in [7, 11) is 0. The maximum Gasteiger partial charge on any atom is 0.244 e. The summed E-state index contributed by atoms with van der Waals surface area (Å²) >= 11 is 1.59. The van der Waals surface area contributed by atoms with E-state index >= 15 is 0 Å². The second-order valence-electron chi connectivity index (χ2n) is 7.14. The number of fused-ring (bicyclic) bond motifs is 1. The first-order chi connectivity index (χ1) is 14.0. The van der Waals surface area contributed by atoms with Crippen molar-refractivity contribution in [1.82, 2.24) is 0 Å². The van der Waals surface area contributed by atoms with E-state index in [1.54, 1.807) is 22.9 Å². The smallest absolute Gasteiger partial charge is 0.244 e. The molecule has 0 saturated heterocycles. The highest BCUT2D eigenvalue weighted by molar-refractivity contribution is 7.99. The van der Waals surface area contributed by atoms with Crippen LogP contribution in [0.15, 0.2) is 70.2 Å². The van der Waals surface area contributed by atoms with Gasteiger partial charge in [0.25, 0.3) is 0 Å². The molecule has 0 fully saturated rings. The van der Waals surface area contributed by atoms with E-state index in [1.807, 2.05) is 68.4 Å². The van der Waals surface area contributed by atoms with E-state index in [0.29, 0.717) is 0 Å². The van der Waals surface area contributed by atoms with Crippen molar-refractivity contribution in [2.75, 3.05) is 16.8 Å². The van der Waals surface area contributed by atoms with E-state index in [-0.39, 0.29) is 30.0 Å². The number of carbonyl (C=O) groups excluding carboxylic acids is 2. The number of carbonyl (C=O) groups is 2. The SMILES string of the molecule is Cc1ccc(C)c(NC(=O)CN2C(=O)CC(c3ccco3)Sc3ccccc32)c1. The third-order valence-electron chi connectivity index (χ3n) is 4.92. The molecule has 148 valence electrons. The van der Waals surface area contributed by atoms with Crippen LogP contribution in [0.3, 0.4) is 0 Å². The van der Waals surface area contributed by atoms with Gasteiger partial charge in [-0.25, -0.2) is 0 Å². The molecule has 5 nitrogen and oxygen atoms in total. The quantitative estimate of drug-likeness (QED) is 0.654. The lowest BCUT2D eigenvalue weighted by Gasteiger charge is -2.22. The minimum absolute atomic E-state index is 0.0331. The van der Waals surface area contributed by atoms with E-state index in [4.69, 9.17) is 4.42 Å². The van der Waals surface area contributed by atoms with Gasteiger partial charge in [-0.2, -0.15) is 0 Å². The predicted molar refractivity (Wildman–Crippen MR) is 115 cm³/mol. The number of benzene rings is 2. The van der Waals surface area contributed by atoms with Gasteiger partial charge in [0, 0.05) is 17.0 Å². The number of thioether (sulfide) groups is 1. The van der Waals surface area contributed by atoms with Gasteiger partial charge < -0.3 is 14.6 Å². The Morgan fingerprint density at radius 1 is 1.17 bits per heavy atom. The zero-order chi connectivity index (χ0) is 20.4. The molecule has 6 heteroatoms. The van der Waals surface area contributed by atoms with Gasteiger partial charge >= 0.3 is 0 Å². The minimum Gasteiger partial charge on any atom is -0.468 e. The molecule has 0 spiro atoms. The zero-order valence-corrected chi connectivity index (χ0v) is 17.2. The highest BCUT2D eigenvalue weighted by Gasteiger charge is 2.31. The lowest BCUT2D eigenvalue weighted by molar-refractivity contribution is -0.121. The van der Waals surface area contributed by atoms with Gasteiger partial charge in [-0.3, -0.25) is 9.59 Å². The van der Waals surface area contributed by atoms with Crippen molar-refractivity contribution in [3.63, 3.8) is 0 Å². The maximum absolute atomic E-state index is 13.1. The molecule has 1 atom stereocenters. The molecule has 0 radical (unpaired) electrons. The van der Waals surface area contributed by atoms with Crippen LogP contribution in [0, 0.1) is 13.8 Å². The van der Waals surface area contributed by atoms with Crippen LogP contribution < -0.4 is 10.2 Å². The van der Waals surface area contributed by atoms with E-state index in [1.165, 1.54) is 0 Å². The molecule has 1 aromatic heterocycles. The third kappa shape index (κ3) is 4.22. The van der Waals surface area contributed by atoms with Crippen molar-refractivity contribution in [2.24, 2.45) is 0 Å². The van der Waals surface area contributed by atoms with Crippen molar-refractivity contribution < 1.29 is 14.0 Å². The second-order valence-corrected chi connectivity index (χ2v) is 8.38. The standard InChI is InChI=1S/C23H22N2O3S/c1-15-9-10-16(2)17(12-15)24-22(26)14-25-18-6-3-4-8-20(18)29-21(13-23(25)27)19-7-5-11-28-19/h3-12,21H,13-14H2,1-2H3,(H,24,26). The Morgan fingerprint density at radius 3 is 2.79 bits per heavy atom. The summed E-state index contributed by atoms with van der Waals surface area (Å²) in [5.41, 5.74) is 3.58. The first-order valence-electron chi connectivity index (χ1n) is 9.48. The normalized spacial score (nSPS) is 16.3. The van der Waals surface area contributed by atoms with Gasteiger partial charge in [0.15, 0.2) is 0 Å². The monoisotopic (exact) mass is 406 g/mol. The van der Waals surface area contributed by atoms with Gasteiger partial charge in [-0.15, -0.1) is 11.8 Å². The number of nitrogens with one attached hydrogen (secondary N) is 1. The predicted octanol–water partition coefficient (Wildman–Crippen LogP) is 5.11. The van der Waals surface area contributed by atoms with Crippen LogP contribution in [0.2, 0.25) is 0 Å². The lowest BCUT2D eigenvalue weighted by Crippen LogP contribution is -2.38. The Hall–Kier alpha value is -2.99. The van der Waals surface area contributed by atoms with Crippen LogP contribution in [0.4, 0.5) is 11.4 Å². The number of para-hydroxylation sites is 1. The molecule has 3 aromatic rings. The zero-order valence-electron chi connectivity index (χ0n) is 16.3. The van der Waals surface area contributed by atoms with E-state index in [9.17, 15) is 9.59 Å². The number of hydrogen-bond donors (Lipinski definition) is 1. The average molecular weight is 407 g/mol. The molecule has 1 aliphatic rings. The Bertz CT molecular complexity index is 1050.